The number of H-pyrrole nitrogens is 1. The van der Waals surface area contributed by atoms with Crippen molar-refractivity contribution in [2.45, 2.75) is 0 Å². The maximum Gasteiger partial charge on any atom is 0.266 e. The van der Waals surface area contributed by atoms with Gasteiger partial charge in [-0.05, 0) is 13.1 Å². The molecule has 0 saturated carbocycles. The van der Waals surface area contributed by atoms with Gasteiger partial charge in [0.15, 0.2) is 0 Å². The quantitative estimate of drug-likeness (QED) is 0.791. The van der Waals surface area contributed by atoms with E-state index < -0.39 is 0 Å². The van der Waals surface area contributed by atoms with Gasteiger partial charge < -0.3 is 14.8 Å². The van der Waals surface area contributed by atoms with Crippen molar-refractivity contribution < 1.29 is 4.79 Å². The summed E-state index contributed by atoms with van der Waals surface area (Å²) in [5, 5.41) is 0.0463. The number of nitrogens with one attached hydrogen (secondary N) is 1. The molecule has 2 rings (SSSR count). The Labute approximate surface area is 104 Å². The average Bonchev–Trinajstić information content (AvgIpc) is 2.33. The first-order valence-electron chi connectivity index (χ1n) is 5.44. The highest BCUT2D eigenvalue weighted by Crippen LogP contribution is 2.09. The zero-order chi connectivity index (χ0) is 12.4. The van der Waals surface area contributed by atoms with Crippen LogP contribution in [0.3, 0.4) is 0 Å². The summed E-state index contributed by atoms with van der Waals surface area (Å²) >= 11 is 5.70. The van der Waals surface area contributed by atoms with Gasteiger partial charge >= 0.3 is 0 Å². The number of halogens is 1. The van der Waals surface area contributed by atoms with Gasteiger partial charge in [0, 0.05) is 32.4 Å². The van der Waals surface area contributed by atoms with Crippen molar-refractivity contribution in [1.82, 2.24) is 14.8 Å². The number of hydrogen-bond donors (Lipinski definition) is 1. The van der Waals surface area contributed by atoms with Crippen LogP contribution in [-0.2, 0) is 0 Å². The number of amides is 1. The van der Waals surface area contributed by atoms with E-state index >= 15 is 0 Å². The van der Waals surface area contributed by atoms with Gasteiger partial charge in [-0.3, -0.25) is 9.59 Å². The molecular formula is C11H14ClN3O2. The first-order chi connectivity index (χ1) is 8.08. The molecule has 1 aliphatic heterocycles. The Morgan fingerprint density at radius 1 is 1.35 bits per heavy atom. The zero-order valence-electron chi connectivity index (χ0n) is 9.57. The Balaban J connectivity index is 2.14. The van der Waals surface area contributed by atoms with Gasteiger partial charge in [-0.1, -0.05) is 11.6 Å². The molecule has 6 heteroatoms. The van der Waals surface area contributed by atoms with Crippen LogP contribution in [0.2, 0.25) is 5.02 Å². The van der Waals surface area contributed by atoms with Crippen molar-refractivity contribution >= 4 is 17.5 Å². The fourth-order valence-corrected chi connectivity index (χ4v) is 1.94. The Hall–Kier alpha value is -1.33. The van der Waals surface area contributed by atoms with Crippen LogP contribution in [-0.4, -0.2) is 53.9 Å². The van der Waals surface area contributed by atoms with E-state index in [9.17, 15) is 9.59 Å². The van der Waals surface area contributed by atoms with Crippen LogP contribution in [0.15, 0.2) is 17.1 Å². The molecule has 0 aliphatic carbocycles. The van der Waals surface area contributed by atoms with Crippen LogP contribution in [0.25, 0.3) is 0 Å². The second-order valence-electron chi connectivity index (χ2n) is 4.16. The lowest BCUT2D eigenvalue weighted by Gasteiger charge is -2.32. The number of rotatable bonds is 1. The molecule has 0 unspecified atom stereocenters. The van der Waals surface area contributed by atoms with Gasteiger partial charge in [0.25, 0.3) is 11.5 Å². The molecule has 1 amide bonds. The van der Waals surface area contributed by atoms with E-state index in [0.29, 0.717) is 18.7 Å². The van der Waals surface area contributed by atoms with Gasteiger partial charge in [0.1, 0.15) is 5.02 Å². The van der Waals surface area contributed by atoms with Crippen LogP contribution >= 0.6 is 11.6 Å². The molecule has 17 heavy (non-hydrogen) atoms. The lowest BCUT2D eigenvalue weighted by atomic mass is 10.2. The summed E-state index contributed by atoms with van der Waals surface area (Å²) in [4.78, 5) is 29.6. The number of aromatic amines is 1. The zero-order valence-corrected chi connectivity index (χ0v) is 10.3. The Kier molecular flexibility index (Phi) is 3.49. The highest BCUT2D eigenvalue weighted by atomic mass is 35.5. The molecule has 1 saturated heterocycles. The van der Waals surface area contributed by atoms with E-state index in [1.54, 1.807) is 4.90 Å². The van der Waals surface area contributed by atoms with Gasteiger partial charge in [-0.15, -0.1) is 0 Å². The molecule has 5 nitrogen and oxygen atoms in total. The topological polar surface area (TPSA) is 56.4 Å². The van der Waals surface area contributed by atoms with Gasteiger partial charge in [-0.25, -0.2) is 0 Å². The fourth-order valence-electron chi connectivity index (χ4n) is 1.77. The first kappa shape index (κ1) is 12.1. The molecule has 1 fully saturated rings. The van der Waals surface area contributed by atoms with Crippen molar-refractivity contribution in [2.75, 3.05) is 33.2 Å². The summed E-state index contributed by atoms with van der Waals surface area (Å²) in [6.45, 7) is 3.13. The third kappa shape index (κ3) is 2.68. The largest absolute Gasteiger partial charge is 0.336 e. The van der Waals surface area contributed by atoms with E-state index in [1.165, 1.54) is 12.3 Å². The molecule has 0 spiro atoms. The maximum absolute atomic E-state index is 12.1. The fraction of sp³-hybridized carbons (Fsp3) is 0.455. The average molecular weight is 256 g/mol. The van der Waals surface area contributed by atoms with E-state index in [1.807, 2.05) is 7.05 Å². The Bertz CT molecular complexity index is 478. The first-order valence-corrected chi connectivity index (χ1v) is 5.82. The smallest absolute Gasteiger partial charge is 0.266 e. The second kappa shape index (κ2) is 4.89. The Morgan fingerprint density at radius 2 is 2.00 bits per heavy atom. The van der Waals surface area contributed by atoms with Crippen LogP contribution in [0.1, 0.15) is 10.4 Å². The summed E-state index contributed by atoms with van der Waals surface area (Å²) in [5.41, 5.74) is 0.0562. The molecule has 0 aromatic carbocycles. The van der Waals surface area contributed by atoms with E-state index in [2.05, 4.69) is 9.88 Å². The number of nitrogens with zero attached hydrogens (tertiary/aromatic N) is 2. The monoisotopic (exact) mass is 255 g/mol. The molecule has 2 heterocycles. The van der Waals surface area contributed by atoms with Crippen LogP contribution < -0.4 is 5.56 Å². The molecule has 1 aromatic heterocycles. The number of pyridine rings is 1. The Morgan fingerprint density at radius 3 is 2.59 bits per heavy atom. The predicted octanol–water partition coefficient (Wildman–Crippen LogP) is 0.416. The minimum absolute atomic E-state index is 0.0463. The van der Waals surface area contributed by atoms with E-state index in [4.69, 9.17) is 11.6 Å². The maximum atomic E-state index is 12.1. The molecule has 0 radical (unpaired) electrons. The number of likely N-dealkylation sites (N-methyl/N-ethyl adjacent to an activating group) is 1. The van der Waals surface area contributed by atoms with Crippen molar-refractivity contribution in [2.24, 2.45) is 0 Å². The summed E-state index contributed by atoms with van der Waals surface area (Å²) in [5.74, 6) is -0.0868. The molecule has 1 N–H and O–H groups in total. The molecule has 1 aliphatic rings. The standard InChI is InChI=1S/C11H14ClN3O2/c1-14-2-4-15(5-3-14)11(17)8-6-9(12)10(16)13-7-8/h6-7H,2-5H2,1H3,(H,13,16). The summed E-state index contributed by atoms with van der Waals surface area (Å²) < 4.78 is 0. The number of hydrogen-bond acceptors (Lipinski definition) is 3. The van der Waals surface area contributed by atoms with E-state index in [0.717, 1.165) is 13.1 Å². The van der Waals surface area contributed by atoms with Gasteiger partial charge in [0.2, 0.25) is 0 Å². The normalized spacial score (nSPS) is 17.2. The third-order valence-corrected chi connectivity index (χ3v) is 3.18. The lowest BCUT2D eigenvalue weighted by Crippen LogP contribution is -2.47. The lowest BCUT2D eigenvalue weighted by molar-refractivity contribution is 0.0663. The van der Waals surface area contributed by atoms with Crippen LogP contribution in [0.5, 0.6) is 0 Å². The van der Waals surface area contributed by atoms with Crippen molar-refractivity contribution in [3.63, 3.8) is 0 Å². The SMILES string of the molecule is CN1CCN(C(=O)c2c[nH]c(=O)c(Cl)c2)CC1. The van der Waals surface area contributed by atoms with Crippen LogP contribution in [0, 0.1) is 0 Å². The van der Waals surface area contributed by atoms with Crippen molar-refractivity contribution in [1.29, 1.82) is 0 Å². The molecule has 1 aromatic rings. The van der Waals surface area contributed by atoms with Crippen LogP contribution in [0.4, 0.5) is 0 Å². The summed E-state index contributed by atoms with van der Waals surface area (Å²) in [7, 11) is 2.03. The minimum Gasteiger partial charge on any atom is -0.336 e. The van der Waals surface area contributed by atoms with E-state index in [-0.39, 0.29) is 16.5 Å². The minimum atomic E-state index is -0.374. The molecular weight excluding hydrogens is 242 g/mol. The predicted molar refractivity (Wildman–Crippen MR) is 65.5 cm³/mol. The third-order valence-electron chi connectivity index (χ3n) is 2.90. The van der Waals surface area contributed by atoms with Gasteiger partial charge in [0.05, 0.1) is 5.56 Å². The summed E-state index contributed by atoms with van der Waals surface area (Å²) in [6, 6.07) is 1.42. The number of carbonyl (C=O) groups excluding carboxylic acids is 1. The molecule has 92 valence electrons. The number of piperazine rings is 1. The highest BCUT2D eigenvalue weighted by molar-refractivity contribution is 6.30. The van der Waals surface area contributed by atoms with Crippen molar-refractivity contribution in [3.8, 4) is 0 Å². The highest BCUT2D eigenvalue weighted by Gasteiger charge is 2.20. The molecule has 0 atom stereocenters. The van der Waals surface area contributed by atoms with Crippen molar-refractivity contribution in [3.05, 3.63) is 33.2 Å². The second-order valence-corrected chi connectivity index (χ2v) is 4.57. The summed E-state index contributed by atoms with van der Waals surface area (Å²) in [6.07, 6.45) is 1.41. The van der Waals surface area contributed by atoms with Gasteiger partial charge in [-0.2, -0.15) is 0 Å². The number of aromatic nitrogens is 1. The molecule has 0 bridgehead atoms. The number of carbonyl (C=O) groups is 1.